The zero-order chi connectivity index (χ0) is 23.0. The highest BCUT2D eigenvalue weighted by Crippen LogP contribution is 2.33. The molecule has 1 aliphatic heterocycles. The molecule has 1 heterocycles. The minimum Gasteiger partial charge on any atom is -0.268 e. The first-order valence-electron chi connectivity index (χ1n) is 9.80. The molecule has 1 fully saturated rings. The maximum absolute atomic E-state index is 13.5. The molecule has 160 valence electrons. The molecule has 0 aliphatic carbocycles. The number of hydrogen-bond donors (Lipinski definition) is 0. The number of carbonyl (C=O) groups excluding carboxylic acids is 3. The summed E-state index contributed by atoms with van der Waals surface area (Å²) in [4.78, 5) is 42.5. The maximum atomic E-state index is 13.5. The number of amides is 4. The average Bonchev–Trinajstić information content (AvgIpc) is 2.75. The smallest absolute Gasteiger partial charge is 0.268 e. The molecular weight excluding hydrogens is 447 g/mol. The summed E-state index contributed by atoms with van der Waals surface area (Å²) in [5.41, 5.74) is 2.51. The van der Waals surface area contributed by atoms with Crippen LogP contribution in [0.25, 0.3) is 6.08 Å². The van der Waals surface area contributed by atoms with Crippen molar-refractivity contribution in [3.8, 4) is 0 Å². The SMILES string of the molecule is Cc1ccccc1N1C(=O)C(=Cc2ccc(Cl)cc2Cl)C(=O)N(c2ccccc2C)C1=O. The van der Waals surface area contributed by atoms with Gasteiger partial charge in [0, 0.05) is 10.0 Å². The van der Waals surface area contributed by atoms with Gasteiger partial charge in [-0.25, -0.2) is 14.6 Å². The van der Waals surface area contributed by atoms with Gasteiger partial charge >= 0.3 is 6.03 Å². The van der Waals surface area contributed by atoms with Crippen molar-refractivity contribution in [2.75, 3.05) is 9.80 Å². The minimum atomic E-state index is -0.733. The number of rotatable bonds is 3. The van der Waals surface area contributed by atoms with Crippen molar-refractivity contribution >= 4 is 58.5 Å². The molecule has 3 aromatic rings. The highest BCUT2D eigenvalue weighted by Gasteiger charge is 2.44. The van der Waals surface area contributed by atoms with Gasteiger partial charge in [-0.05, 0) is 60.9 Å². The molecular formula is C25H18Cl2N2O3. The molecule has 0 bridgehead atoms. The van der Waals surface area contributed by atoms with Gasteiger partial charge in [0.2, 0.25) is 0 Å². The van der Waals surface area contributed by atoms with Crippen LogP contribution in [0.1, 0.15) is 16.7 Å². The lowest BCUT2D eigenvalue weighted by Gasteiger charge is -2.35. The van der Waals surface area contributed by atoms with E-state index in [0.29, 0.717) is 22.0 Å². The van der Waals surface area contributed by atoms with Gasteiger partial charge in [0.25, 0.3) is 11.8 Å². The number of benzene rings is 3. The fraction of sp³-hybridized carbons (Fsp3) is 0.0800. The molecule has 4 amide bonds. The van der Waals surface area contributed by atoms with Crippen LogP contribution < -0.4 is 9.80 Å². The lowest BCUT2D eigenvalue weighted by Crippen LogP contribution is -2.57. The topological polar surface area (TPSA) is 57.7 Å². The number of urea groups is 1. The highest BCUT2D eigenvalue weighted by atomic mass is 35.5. The number of aryl methyl sites for hydroxylation is 2. The first kappa shape index (κ1) is 21.8. The quantitative estimate of drug-likeness (QED) is 0.342. The Morgan fingerprint density at radius 3 is 1.69 bits per heavy atom. The van der Waals surface area contributed by atoms with Crippen LogP contribution in [-0.2, 0) is 9.59 Å². The molecule has 7 heteroatoms. The summed E-state index contributed by atoms with van der Waals surface area (Å²) in [6, 6.07) is 18.0. The summed E-state index contributed by atoms with van der Waals surface area (Å²) in [5.74, 6) is -1.43. The van der Waals surface area contributed by atoms with E-state index in [1.54, 1.807) is 62.4 Å². The Hall–Kier alpha value is -3.41. The molecule has 0 saturated carbocycles. The first-order valence-corrected chi connectivity index (χ1v) is 10.6. The number of carbonyl (C=O) groups is 3. The maximum Gasteiger partial charge on any atom is 0.343 e. The summed E-state index contributed by atoms with van der Waals surface area (Å²) in [7, 11) is 0. The molecule has 0 aromatic heterocycles. The number of anilines is 2. The normalized spacial score (nSPS) is 14.2. The number of imide groups is 2. The zero-order valence-corrected chi connectivity index (χ0v) is 18.8. The van der Waals surface area contributed by atoms with Crippen LogP contribution in [-0.4, -0.2) is 17.8 Å². The first-order chi connectivity index (χ1) is 15.3. The van der Waals surface area contributed by atoms with E-state index in [4.69, 9.17) is 23.2 Å². The van der Waals surface area contributed by atoms with Gasteiger partial charge in [-0.15, -0.1) is 0 Å². The van der Waals surface area contributed by atoms with E-state index in [-0.39, 0.29) is 10.6 Å². The van der Waals surface area contributed by atoms with E-state index in [1.165, 1.54) is 12.1 Å². The van der Waals surface area contributed by atoms with Crippen LogP contribution in [0.3, 0.4) is 0 Å². The van der Waals surface area contributed by atoms with Crippen LogP contribution in [0.15, 0.2) is 72.3 Å². The lowest BCUT2D eigenvalue weighted by molar-refractivity contribution is -0.121. The molecule has 0 radical (unpaired) electrons. The molecule has 1 saturated heterocycles. The van der Waals surface area contributed by atoms with Crippen molar-refractivity contribution in [3.63, 3.8) is 0 Å². The Bertz CT molecular complexity index is 1230. The summed E-state index contributed by atoms with van der Waals surface area (Å²) in [5, 5.41) is 0.712. The van der Waals surface area contributed by atoms with Crippen LogP contribution in [0.4, 0.5) is 16.2 Å². The Labute approximate surface area is 195 Å². The minimum absolute atomic E-state index is 0.180. The van der Waals surface area contributed by atoms with Crippen LogP contribution in [0.5, 0.6) is 0 Å². The van der Waals surface area contributed by atoms with E-state index >= 15 is 0 Å². The van der Waals surface area contributed by atoms with Crippen molar-refractivity contribution in [3.05, 3.63) is 99.0 Å². The van der Waals surface area contributed by atoms with Crippen molar-refractivity contribution < 1.29 is 14.4 Å². The second kappa shape index (κ2) is 8.61. The van der Waals surface area contributed by atoms with Crippen LogP contribution >= 0.6 is 23.2 Å². The van der Waals surface area contributed by atoms with E-state index in [1.807, 2.05) is 12.1 Å². The Morgan fingerprint density at radius 1 is 0.719 bits per heavy atom. The third-order valence-electron chi connectivity index (χ3n) is 5.22. The molecule has 5 nitrogen and oxygen atoms in total. The number of halogens is 2. The van der Waals surface area contributed by atoms with E-state index in [2.05, 4.69) is 0 Å². The van der Waals surface area contributed by atoms with E-state index in [9.17, 15) is 14.4 Å². The van der Waals surface area contributed by atoms with Gasteiger partial charge in [0.05, 0.1) is 11.4 Å². The number of nitrogens with zero attached hydrogens (tertiary/aromatic N) is 2. The second-order valence-corrected chi connectivity index (χ2v) is 8.20. The van der Waals surface area contributed by atoms with Crippen LogP contribution in [0, 0.1) is 13.8 Å². The lowest BCUT2D eigenvalue weighted by atomic mass is 10.0. The molecule has 1 aliphatic rings. The zero-order valence-electron chi connectivity index (χ0n) is 17.3. The molecule has 0 atom stereocenters. The van der Waals surface area contributed by atoms with Gasteiger partial charge in [0.1, 0.15) is 5.57 Å². The van der Waals surface area contributed by atoms with E-state index < -0.39 is 17.8 Å². The van der Waals surface area contributed by atoms with Crippen molar-refractivity contribution in [1.29, 1.82) is 0 Å². The molecule has 0 unspecified atom stereocenters. The molecule has 0 N–H and O–H groups in total. The van der Waals surface area contributed by atoms with Gasteiger partial charge in [-0.2, -0.15) is 0 Å². The third kappa shape index (κ3) is 3.81. The molecule has 4 rings (SSSR count). The predicted molar refractivity (Wildman–Crippen MR) is 127 cm³/mol. The van der Waals surface area contributed by atoms with Crippen molar-refractivity contribution in [2.24, 2.45) is 0 Å². The molecule has 0 spiro atoms. The molecule has 3 aromatic carbocycles. The van der Waals surface area contributed by atoms with Crippen molar-refractivity contribution in [2.45, 2.75) is 13.8 Å². The standard InChI is InChI=1S/C25H18Cl2N2O3/c1-15-7-3-5-9-21(15)28-23(30)19(13-17-11-12-18(26)14-20(17)27)24(31)29(25(28)32)22-10-6-4-8-16(22)2/h3-14H,1-2H3. The average molecular weight is 465 g/mol. The van der Waals surface area contributed by atoms with Crippen LogP contribution in [0.2, 0.25) is 10.0 Å². The fourth-order valence-corrected chi connectivity index (χ4v) is 4.02. The Balaban J connectivity index is 1.93. The van der Waals surface area contributed by atoms with Crippen molar-refractivity contribution in [1.82, 2.24) is 0 Å². The third-order valence-corrected chi connectivity index (χ3v) is 5.79. The van der Waals surface area contributed by atoms with E-state index in [0.717, 1.165) is 20.9 Å². The van der Waals surface area contributed by atoms with Gasteiger partial charge < -0.3 is 0 Å². The Morgan fingerprint density at radius 2 is 1.22 bits per heavy atom. The number of barbiturate groups is 1. The highest BCUT2D eigenvalue weighted by molar-refractivity contribution is 6.46. The van der Waals surface area contributed by atoms with Gasteiger partial charge in [-0.1, -0.05) is 65.7 Å². The number of para-hydroxylation sites is 2. The fourth-order valence-electron chi connectivity index (χ4n) is 3.56. The summed E-state index contributed by atoms with van der Waals surface area (Å²) in [6.07, 6.45) is 1.40. The number of hydrogen-bond acceptors (Lipinski definition) is 3. The summed E-state index contributed by atoms with van der Waals surface area (Å²) >= 11 is 12.3. The van der Waals surface area contributed by atoms with Gasteiger partial charge in [0.15, 0.2) is 0 Å². The predicted octanol–water partition coefficient (Wildman–Crippen LogP) is 6.19. The second-order valence-electron chi connectivity index (χ2n) is 7.36. The monoisotopic (exact) mass is 464 g/mol. The largest absolute Gasteiger partial charge is 0.343 e. The summed E-state index contributed by atoms with van der Waals surface area (Å²) in [6.45, 7) is 3.59. The Kier molecular flexibility index (Phi) is 5.87. The van der Waals surface area contributed by atoms with Gasteiger partial charge in [-0.3, -0.25) is 9.59 Å². The summed E-state index contributed by atoms with van der Waals surface area (Å²) < 4.78 is 0. The molecule has 32 heavy (non-hydrogen) atoms.